The molecule has 1 heterocycles. The summed E-state index contributed by atoms with van der Waals surface area (Å²) in [5.41, 5.74) is 0.0309. The number of methoxy groups -OCH3 is 2. The normalized spacial score (nSPS) is 17.7. The van der Waals surface area contributed by atoms with Crippen LogP contribution in [0.15, 0.2) is 23.7 Å². The van der Waals surface area contributed by atoms with Crippen LogP contribution in [-0.2, 0) is 18.8 Å². The first-order valence-electron chi connectivity index (χ1n) is 10.5. The number of benzene rings is 1. The van der Waals surface area contributed by atoms with Gasteiger partial charge in [-0.05, 0) is 71.6 Å². The van der Waals surface area contributed by atoms with Crippen molar-refractivity contribution in [2.45, 2.75) is 65.3 Å². The van der Waals surface area contributed by atoms with Crippen molar-refractivity contribution in [2.24, 2.45) is 0 Å². The van der Waals surface area contributed by atoms with E-state index in [0.717, 1.165) is 5.56 Å². The largest absolute Gasteiger partial charge is 0.496 e. The molecule has 8 nitrogen and oxygen atoms in total. The highest BCUT2D eigenvalue weighted by molar-refractivity contribution is 6.56. The maximum atomic E-state index is 12.2. The van der Waals surface area contributed by atoms with E-state index in [1.165, 1.54) is 14.2 Å². The molecule has 1 amide bonds. The van der Waals surface area contributed by atoms with Gasteiger partial charge >= 0.3 is 19.2 Å². The summed E-state index contributed by atoms with van der Waals surface area (Å²) in [5, 5.41) is 2.76. The summed E-state index contributed by atoms with van der Waals surface area (Å²) >= 11 is 0. The SMILES string of the molecule is COC(=O)c1ccc(C=C(CNC(=O)OC(C)(C)C)B2OC(C)(C)C(C)(C)O2)cc1OC. The van der Waals surface area contributed by atoms with Gasteiger partial charge in [0.25, 0.3) is 0 Å². The molecule has 0 aromatic heterocycles. The summed E-state index contributed by atoms with van der Waals surface area (Å²) in [5.74, 6) is -0.117. The summed E-state index contributed by atoms with van der Waals surface area (Å²) < 4.78 is 27.9. The lowest BCUT2D eigenvalue weighted by molar-refractivity contribution is 0.00578. The van der Waals surface area contributed by atoms with Crippen molar-refractivity contribution in [1.82, 2.24) is 5.32 Å². The van der Waals surface area contributed by atoms with Gasteiger partial charge in [-0.25, -0.2) is 9.59 Å². The van der Waals surface area contributed by atoms with E-state index < -0.39 is 36.0 Å². The van der Waals surface area contributed by atoms with Gasteiger partial charge in [0.2, 0.25) is 0 Å². The molecule has 1 N–H and O–H groups in total. The molecule has 1 aromatic rings. The molecule has 1 saturated heterocycles. The average molecular weight is 447 g/mol. The van der Waals surface area contributed by atoms with Crippen molar-refractivity contribution in [3.63, 3.8) is 0 Å². The van der Waals surface area contributed by atoms with Gasteiger partial charge < -0.3 is 28.8 Å². The molecule has 1 fully saturated rings. The van der Waals surface area contributed by atoms with E-state index in [1.54, 1.807) is 39.0 Å². The fraction of sp³-hybridized carbons (Fsp3) is 0.565. The molecule has 0 bridgehead atoms. The van der Waals surface area contributed by atoms with Crippen LogP contribution in [0.2, 0.25) is 0 Å². The Balaban J connectivity index is 2.37. The van der Waals surface area contributed by atoms with Crippen molar-refractivity contribution >= 4 is 25.3 Å². The molecule has 176 valence electrons. The fourth-order valence-corrected chi connectivity index (χ4v) is 2.98. The maximum Gasteiger partial charge on any atom is 0.492 e. The molecule has 0 aliphatic carbocycles. The van der Waals surface area contributed by atoms with Gasteiger partial charge in [-0.1, -0.05) is 12.1 Å². The molecule has 0 atom stereocenters. The minimum Gasteiger partial charge on any atom is -0.496 e. The first-order chi connectivity index (χ1) is 14.7. The highest BCUT2D eigenvalue weighted by Crippen LogP contribution is 2.39. The topological polar surface area (TPSA) is 92.3 Å². The van der Waals surface area contributed by atoms with Gasteiger partial charge in [-0.15, -0.1) is 0 Å². The third kappa shape index (κ3) is 6.26. The zero-order valence-corrected chi connectivity index (χ0v) is 20.5. The minimum atomic E-state index is -0.679. The number of alkyl carbamates (subject to hydrolysis) is 1. The summed E-state index contributed by atoms with van der Waals surface area (Å²) in [6.07, 6.45) is 1.29. The predicted octanol–water partition coefficient (Wildman–Crippen LogP) is 4.02. The van der Waals surface area contributed by atoms with Crippen LogP contribution in [0.1, 0.15) is 64.4 Å². The Bertz CT molecular complexity index is 871. The molecule has 2 rings (SSSR count). The molecule has 0 radical (unpaired) electrons. The number of hydrogen-bond acceptors (Lipinski definition) is 7. The zero-order chi connectivity index (χ0) is 24.3. The van der Waals surface area contributed by atoms with Gasteiger partial charge in [-0.3, -0.25) is 0 Å². The lowest BCUT2D eigenvalue weighted by Crippen LogP contribution is -2.41. The highest BCUT2D eigenvalue weighted by Gasteiger charge is 2.52. The highest BCUT2D eigenvalue weighted by atomic mass is 16.7. The first kappa shape index (κ1) is 25.7. The molecule has 0 saturated carbocycles. The summed E-state index contributed by atoms with van der Waals surface area (Å²) in [6, 6.07) is 5.10. The van der Waals surface area contributed by atoms with E-state index in [1.807, 2.05) is 33.8 Å². The second-order valence-electron chi connectivity index (χ2n) is 9.61. The minimum absolute atomic E-state index is 0.146. The Morgan fingerprint density at radius 1 is 1.09 bits per heavy atom. The maximum absolute atomic E-state index is 12.2. The summed E-state index contributed by atoms with van der Waals surface area (Å²) in [7, 11) is 2.11. The van der Waals surface area contributed by atoms with Crippen molar-refractivity contribution in [3.8, 4) is 5.75 Å². The lowest BCUT2D eigenvalue weighted by atomic mass is 9.77. The zero-order valence-electron chi connectivity index (χ0n) is 20.5. The quantitative estimate of drug-likeness (QED) is 0.520. The van der Waals surface area contributed by atoms with Gasteiger partial charge in [-0.2, -0.15) is 0 Å². The Morgan fingerprint density at radius 2 is 1.69 bits per heavy atom. The molecule has 32 heavy (non-hydrogen) atoms. The van der Waals surface area contributed by atoms with Crippen LogP contribution in [0, 0.1) is 0 Å². The molecular formula is C23H34BNO7. The number of rotatable bonds is 6. The monoisotopic (exact) mass is 447 g/mol. The van der Waals surface area contributed by atoms with E-state index in [2.05, 4.69) is 5.32 Å². The predicted molar refractivity (Wildman–Crippen MR) is 123 cm³/mol. The van der Waals surface area contributed by atoms with Crippen LogP contribution in [0.25, 0.3) is 6.08 Å². The Hall–Kier alpha value is -2.52. The first-order valence-corrected chi connectivity index (χ1v) is 10.5. The van der Waals surface area contributed by atoms with Crippen LogP contribution in [0.3, 0.4) is 0 Å². The number of ether oxygens (including phenoxy) is 3. The molecule has 9 heteroatoms. The van der Waals surface area contributed by atoms with Crippen molar-refractivity contribution in [1.29, 1.82) is 0 Å². The third-order valence-corrected chi connectivity index (χ3v) is 5.37. The van der Waals surface area contributed by atoms with Crippen LogP contribution >= 0.6 is 0 Å². The smallest absolute Gasteiger partial charge is 0.492 e. The number of hydrogen-bond donors (Lipinski definition) is 1. The molecule has 1 aliphatic rings. The number of amides is 1. The van der Waals surface area contributed by atoms with Crippen molar-refractivity contribution < 1.29 is 33.1 Å². The Kier molecular flexibility index (Phi) is 7.68. The number of carbonyl (C=O) groups excluding carboxylic acids is 2. The molecule has 0 unspecified atom stereocenters. The van der Waals surface area contributed by atoms with E-state index in [9.17, 15) is 9.59 Å². The van der Waals surface area contributed by atoms with Crippen molar-refractivity contribution in [3.05, 3.63) is 34.8 Å². The second-order valence-corrected chi connectivity index (χ2v) is 9.61. The number of carbonyl (C=O) groups is 2. The van der Waals surface area contributed by atoms with Gasteiger partial charge in [0, 0.05) is 6.54 Å². The fourth-order valence-electron chi connectivity index (χ4n) is 2.98. The molecule has 1 aromatic carbocycles. The third-order valence-electron chi connectivity index (χ3n) is 5.37. The van der Waals surface area contributed by atoms with Crippen molar-refractivity contribution in [2.75, 3.05) is 20.8 Å². The van der Waals surface area contributed by atoms with E-state index in [4.69, 9.17) is 23.5 Å². The number of esters is 1. The van der Waals surface area contributed by atoms with E-state index >= 15 is 0 Å². The lowest BCUT2D eigenvalue weighted by Gasteiger charge is -2.32. The van der Waals surface area contributed by atoms with Gasteiger partial charge in [0.05, 0.1) is 25.4 Å². The summed E-state index contributed by atoms with van der Waals surface area (Å²) in [6.45, 7) is 13.4. The molecular weight excluding hydrogens is 413 g/mol. The molecule has 1 aliphatic heterocycles. The Morgan fingerprint density at radius 3 is 2.19 bits per heavy atom. The molecule has 0 spiro atoms. The van der Waals surface area contributed by atoms with Crippen LogP contribution in [-0.4, -0.2) is 56.7 Å². The van der Waals surface area contributed by atoms with Gasteiger partial charge in [0.15, 0.2) is 0 Å². The van der Waals surface area contributed by atoms with E-state index in [-0.39, 0.29) is 6.54 Å². The second kappa shape index (κ2) is 9.54. The standard InChI is InChI=1S/C23H34BNO7/c1-21(2,3)30-20(27)25-14-16(24-31-22(4,5)23(6,7)32-24)12-15-10-11-17(19(26)29-9)18(13-15)28-8/h10-13H,14H2,1-9H3,(H,25,27). The number of nitrogens with one attached hydrogen (secondary N) is 1. The van der Waals surface area contributed by atoms with Crippen LogP contribution in [0.5, 0.6) is 5.75 Å². The Labute approximate surface area is 190 Å². The van der Waals surface area contributed by atoms with E-state index in [0.29, 0.717) is 16.8 Å². The van der Waals surface area contributed by atoms with Crippen LogP contribution in [0.4, 0.5) is 4.79 Å². The average Bonchev–Trinajstić information content (AvgIpc) is 2.90. The summed E-state index contributed by atoms with van der Waals surface area (Å²) in [4.78, 5) is 24.2. The van der Waals surface area contributed by atoms with Gasteiger partial charge in [0.1, 0.15) is 16.9 Å². The van der Waals surface area contributed by atoms with Crippen LogP contribution < -0.4 is 10.1 Å².